The monoisotopic (exact) mass is 224 g/mol. The number of hydrogen-bond donors (Lipinski definition) is 0. The van der Waals surface area contributed by atoms with Crippen LogP contribution in [0.15, 0.2) is 24.3 Å². The van der Waals surface area contributed by atoms with Crippen LogP contribution in [0.3, 0.4) is 0 Å². The molecule has 1 saturated heterocycles. The molecule has 0 aromatic heterocycles. The molecule has 2 rings (SSSR count). The van der Waals surface area contributed by atoms with Crippen LogP contribution < -0.4 is 4.90 Å². The number of rotatable bonds is 2. The lowest BCUT2D eigenvalue weighted by Gasteiger charge is -2.28. The minimum Gasteiger partial charge on any atom is -0.371 e. The molecule has 0 unspecified atom stereocenters. The topological polar surface area (TPSA) is 46.4 Å². The molecule has 0 spiro atoms. The summed E-state index contributed by atoms with van der Waals surface area (Å²) in [5.74, 6) is 0. The zero-order valence-electron chi connectivity index (χ0n) is 8.35. The minimum absolute atomic E-state index is 0.164. The molecule has 0 amide bonds. The summed E-state index contributed by atoms with van der Waals surface area (Å²) in [6.07, 6.45) is 2.49. The van der Waals surface area contributed by atoms with Crippen molar-refractivity contribution in [3.63, 3.8) is 0 Å². The highest BCUT2D eigenvalue weighted by molar-refractivity contribution is 7.38. The highest BCUT2D eigenvalue weighted by Crippen LogP contribution is 2.24. The lowest BCUT2D eigenvalue weighted by atomic mass is 10.2. The predicted octanol–water partition coefficient (Wildman–Crippen LogP) is 2.09. The number of nitro groups is 1. The van der Waals surface area contributed by atoms with Crippen molar-refractivity contribution < 1.29 is 4.92 Å². The van der Waals surface area contributed by atoms with Crippen LogP contribution in [0.4, 0.5) is 11.4 Å². The van der Waals surface area contributed by atoms with E-state index in [1.807, 2.05) is 12.1 Å². The maximum Gasteiger partial charge on any atom is 0.269 e. The first-order valence-corrected chi connectivity index (χ1v) is 6.39. The third-order valence-electron chi connectivity index (χ3n) is 2.54. The summed E-state index contributed by atoms with van der Waals surface area (Å²) in [6.45, 7) is 2.16. The Hall–Kier alpha value is -1.15. The van der Waals surface area contributed by atoms with Gasteiger partial charge in [0.15, 0.2) is 0 Å². The fourth-order valence-corrected chi connectivity index (χ4v) is 2.81. The van der Waals surface area contributed by atoms with Crippen molar-refractivity contribution in [2.75, 3.05) is 30.3 Å². The van der Waals surface area contributed by atoms with Gasteiger partial charge >= 0.3 is 0 Å². The van der Waals surface area contributed by atoms with Crippen molar-refractivity contribution in [3.05, 3.63) is 34.4 Å². The van der Waals surface area contributed by atoms with Crippen LogP contribution in [-0.2, 0) is 0 Å². The number of nitro benzene ring substituents is 1. The summed E-state index contributed by atoms with van der Waals surface area (Å²) in [4.78, 5) is 12.4. The van der Waals surface area contributed by atoms with Gasteiger partial charge < -0.3 is 4.90 Å². The molecule has 4 nitrogen and oxygen atoms in total. The highest BCUT2D eigenvalue weighted by Gasteiger charge is 2.12. The molecule has 0 bridgehead atoms. The highest BCUT2D eigenvalue weighted by atomic mass is 31.1. The number of anilines is 1. The van der Waals surface area contributed by atoms with E-state index in [2.05, 4.69) is 4.90 Å². The van der Waals surface area contributed by atoms with Crippen molar-refractivity contribution in [1.29, 1.82) is 0 Å². The molecule has 0 aliphatic carbocycles. The number of benzene rings is 1. The first-order chi connectivity index (χ1) is 7.27. The van der Waals surface area contributed by atoms with Gasteiger partial charge in [0.1, 0.15) is 0 Å². The van der Waals surface area contributed by atoms with Gasteiger partial charge in [-0.05, 0) is 24.5 Å². The van der Waals surface area contributed by atoms with Crippen LogP contribution in [0.2, 0.25) is 0 Å². The molecule has 0 saturated carbocycles. The molecule has 0 N–H and O–H groups in total. The van der Waals surface area contributed by atoms with Crippen LogP contribution in [0.25, 0.3) is 0 Å². The molecule has 1 fully saturated rings. The molecule has 15 heavy (non-hydrogen) atoms. The smallest absolute Gasteiger partial charge is 0.269 e. The van der Waals surface area contributed by atoms with Crippen molar-refractivity contribution in [3.8, 4) is 0 Å². The Labute approximate surface area is 90.2 Å². The molecule has 1 aromatic carbocycles. The predicted molar refractivity (Wildman–Crippen MR) is 63.4 cm³/mol. The fraction of sp³-hybridized carbons (Fsp3) is 0.400. The third-order valence-corrected chi connectivity index (χ3v) is 3.70. The first kappa shape index (κ1) is 10.4. The Balaban J connectivity index is 2.11. The van der Waals surface area contributed by atoms with E-state index in [9.17, 15) is 10.1 Å². The number of non-ortho nitro benzene ring substituents is 1. The van der Waals surface area contributed by atoms with E-state index in [-0.39, 0.29) is 10.6 Å². The zero-order chi connectivity index (χ0) is 10.7. The van der Waals surface area contributed by atoms with Crippen LogP contribution in [0.5, 0.6) is 0 Å². The molecule has 1 aliphatic rings. The van der Waals surface area contributed by atoms with E-state index < -0.39 is 0 Å². The Bertz CT molecular complexity index is 347. The lowest BCUT2D eigenvalue weighted by Crippen LogP contribution is -2.31. The second-order valence-corrected chi connectivity index (χ2v) is 5.01. The second-order valence-electron chi connectivity index (χ2n) is 3.51. The Kier molecular flexibility index (Phi) is 3.17. The van der Waals surface area contributed by atoms with E-state index in [0.29, 0.717) is 0 Å². The van der Waals surface area contributed by atoms with E-state index in [1.54, 1.807) is 12.1 Å². The van der Waals surface area contributed by atoms with Gasteiger partial charge in [-0.2, -0.15) is 0 Å². The van der Waals surface area contributed by atoms with Crippen LogP contribution in [0, 0.1) is 10.1 Å². The molecule has 1 aromatic rings. The fourth-order valence-electron chi connectivity index (χ4n) is 1.71. The molecular formula is C10H13N2O2P. The number of hydrogen-bond acceptors (Lipinski definition) is 3. The number of nitrogens with zero attached hydrogens (tertiary/aromatic N) is 2. The van der Waals surface area contributed by atoms with Gasteiger partial charge in [0.2, 0.25) is 0 Å². The summed E-state index contributed by atoms with van der Waals surface area (Å²) < 4.78 is 0. The quantitative estimate of drug-likeness (QED) is 0.439. The average Bonchev–Trinajstić information content (AvgIpc) is 2.30. The molecule has 0 radical (unpaired) electrons. The standard InChI is InChI=1S/C10H13N2O2P/c13-12(14)10-3-1-9(2-4-10)11-5-7-15-8-6-11/h1-4,15H,5-8H2. The van der Waals surface area contributed by atoms with Gasteiger partial charge in [0.25, 0.3) is 5.69 Å². The Morgan fingerprint density at radius 1 is 1.20 bits per heavy atom. The van der Waals surface area contributed by atoms with Gasteiger partial charge in [-0.1, -0.05) is 0 Å². The van der Waals surface area contributed by atoms with E-state index in [1.165, 1.54) is 12.3 Å². The van der Waals surface area contributed by atoms with Gasteiger partial charge in [0, 0.05) is 30.9 Å². The minimum atomic E-state index is -0.360. The summed E-state index contributed by atoms with van der Waals surface area (Å²) >= 11 is 0. The third kappa shape index (κ3) is 2.45. The Morgan fingerprint density at radius 2 is 1.80 bits per heavy atom. The van der Waals surface area contributed by atoms with Gasteiger partial charge in [-0.3, -0.25) is 10.1 Å². The van der Waals surface area contributed by atoms with Crippen molar-refractivity contribution in [2.24, 2.45) is 0 Å². The van der Waals surface area contributed by atoms with Crippen molar-refractivity contribution in [2.45, 2.75) is 0 Å². The lowest BCUT2D eigenvalue weighted by molar-refractivity contribution is -0.384. The Morgan fingerprint density at radius 3 is 2.33 bits per heavy atom. The normalized spacial score (nSPS) is 16.4. The van der Waals surface area contributed by atoms with E-state index in [4.69, 9.17) is 0 Å². The van der Waals surface area contributed by atoms with Crippen molar-refractivity contribution >= 4 is 20.0 Å². The summed E-state index contributed by atoms with van der Waals surface area (Å²) in [7, 11) is 1.08. The SMILES string of the molecule is O=[N+]([O-])c1ccc(N2CCPCC2)cc1. The van der Waals surface area contributed by atoms with Gasteiger partial charge in [-0.15, -0.1) is 8.58 Å². The van der Waals surface area contributed by atoms with Gasteiger partial charge in [-0.25, -0.2) is 0 Å². The van der Waals surface area contributed by atoms with Crippen LogP contribution in [-0.4, -0.2) is 30.3 Å². The summed E-state index contributed by atoms with van der Waals surface area (Å²) in [6, 6.07) is 6.83. The molecule has 5 heteroatoms. The molecule has 1 aliphatic heterocycles. The summed E-state index contributed by atoms with van der Waals surface area (Å²) in [5, 5.41) is 10.5. The largest absolute Gasteiger partial charge is 0.371 e. The van der Waals surface area contributed by atoms with E-state index >= 15 is 0 Å². The maximum atomic E-state index is 10.5. The van der Waals surface area contributed by atoms with Crippen LogP contribution >= 0.6 is 8.58 Å². The van der Waals surface area contributed by atoms with Crippen LogP contribution in [0.1, 0.15) is 0 Å². The van der Waals surface area contributed by atoms with Crippen molar-refractivity contribution in [1.82, 2.24) is 0 Å². The molecular weight excluding hydrogens is 211 g/mol. The average molecular weight is 224 g/mol. The summed E-state index contributed by atoms with van der Waals surface area (Å²) in [5.41, 5.74) is 1.27. The van der Waals surface area contributed by atoms with Gasteiger partial charge in [0.05, 0.1) is 4.92 Å². The van der Waals surface area contributed by atoms with E-state index in [0.717, 1.165) is 27.4 Å². The molecule has 80 valence electrons. The second kappa shape index (κ2) is 4.58. The first-order valence-electron chi connectivity index (χ1n) is 4.97. The molecule has 1 heterocycles. The maximum absolute atomic E-state index is 10.5. The zero-order valence-corrected chi connectivity index (χ0v) is 9.35. The molecule has 0 atom stereocenters.